The lowest BCUT2D eigenvalue weighted by molar-refractivity contribution is 0.0474. The van der Waals surface area contributed by atoms with Crippen LogP contribution in [0.25, 0.3) is 5.69 Å². The molecule has 0 spiro atoms. The molecule has 2 aromatic carbocycles. The maximum Gasteiger partial charge on any atom is 0.338 e. The van der Waals surface area contributed by atoms with E-state index in [4.69, 9.17) is 4.74 Å². The number of hydrogen-bond donors (Lipinski definition) is 0. The van der Waals surface area contributed by atoms with Gasteiger partial charge in [0.25, 0.3) is 0 Å². The number of aromatic nitrogens is 1. The SMILES string of the molecule is COC(=O)c1ccc(C(=O)OCC(=O)c2cc(C)n(-c3ccccc3)c2C)cc1. The maximum absolute atomic E-state index is 12.6. The number of ketones is 1. The molecular weight excluding hydrogens is 370 g/mol. The van der Waals surface area contributed by atoms with E-state index in [2.05, 4.69) is 4.74 Å². The molecule has 0 saturated carbocycles. The number of carbonyl (C=O) groups is 3. The third kappa shape index (κ3) is 4.27. The van der Waals surface area contributed by atoms with Gasteiger partial charge in [-0.25, -0.2) is 9.59 Å². The first-order valence-corrected chi connectivity index (χ1v) is 9.05. The number of rotatable bonds is 6. The molecule has 29 heavy (non-hydrogen) atoms. The Kier molecular flexibility index (Phi) is 5.93. The lowest BCUT2D eigenvalue weighted by Gasteiger charge is -2.09. The van der Waals surface area contributed by atoms with Gasteiger partial charge in [-0.3, -0.25) is 4.79 Å². The van der Waals surface area contributed by atoms with Gasteiger partial charge in [0.05, 0.1) is 18.2 Å². The van der Waals surface area contributed by atoms with Gasteiger partial charge in [0, 0.05) is 22.6 Å². The molecule has 0 atom stereocenters. The first kappa shape index (κ1) is 20.1. The van der Waals surface area contributed by atoms with Crippen molar-refractivity contribution in [2.24, 2.45) is 0 Å². The Morgan fingerprint density at radius 2 is 1.45 bits per heavy atom. The van der Waals surface area contributed by atoms with Crippen LogP contribution in [0.15, 0.2) is 60.7 Å². The minimum atomic E-state index is -0.633. The lowest BCUT2D eigenvalue weighted by Crippen LogP contribution is -2.15. The lowest BCUT2D eigenvalue weighted by atomic mass is 10.1. The van der Waals surface area contributed by atoms with Crippen LogP contribution in [0.2, 0.25) is 0 Å². The molecule has 6 nitrogen and oxygen atoms in total. The molecule has 1 heterocycles. The summed E-state index contributed by atoms with van der Waals surface area (Å²) in [4.78, 5) is 36.3. The molecule has 0 fully saturated rings. The largest absolute Gasteiger partial charge is 0.465 e. The Labute approximate surface area is 168 Å². The smallest absolute Gasteiger partial charge is 0.338 e. The molecule has 0 saturated heterocycles. The second-order valence-corrected chi connectivity index (χ2v) is 6.52. The van der Waals surface area contributed by atoms with Crippen LogP contribution in [0.4, 0.5) is 0 Å². The fraction of sp³-hybridized carbons (Fsp3) is 0.174. The number of hydrogen-bond acceptors (Lipinski definition) is 5. The average Bonchev–Trinajstić information content (AvgIpc) is 3.05. The number of methoxy groups -OCH3 is 1. The molecule has 0 unspecified atom stereocenters. The van der Waals surface area contributed by atoms with Crippen LogP contribution < -0.4 is 0 Å². The summed E-state index contributed by atoms with van der Waals surface area (Å²) in [5.74, 6) is -1.40. The van der Waals surface area contributed by atoms with Crippen molar-refractivity contribution in [1.29, 1.82) is 0 Å². The van der Waals surface area contributed by atoms with E-state index in [0.29, 0.717) is 11.1 Å². The molecular formula is C23H21NO5. The Morgan fingerprint density at radius 3 is 2.03 bits per heavy atom. The van der Waals surface area contributed by atoms with Crippen molar-refractivity contribution in [3.8, 4) is 5.69 Å². The number of para-hydroxylation sites is 1. The quantitative estimate of drug-likeness (QED) is 0.470. The minimum Gasteiger partial charge on any atom is -0.465 e. The summed E-state index contributed by atoms with van der Waals surface area (Å²) >= 11 is 0. The van der Waals surface area contributed by atoms with Crippen LogP contribution in [-0.2, 0) is 9.47 Å². The van der Waals surface area contributed by atoms with Crippen LogP contribution in [0.5, 0.6) is 0 Å². The molecule has 3 aromatic rings. The van der Waals surface area contributed by atoms with E-state index < -0.39 is 11.9 Å². The first-order chi connectivity index (χ1) is 13.9. The normalized spacial score (nSPS) is 10.4. The second kappa shape index (κ2) is 8.56. The van der Waals surface area contributed by atoms with Crippen molar-refractivity contribution in [2.45, 2.75) is 13.8 Å². The Hall–Kier alpha value is -3.67. The van der Waals surface area contributed by atoms with E-state index >= 15 is 0 Å². The summed E-state index contributed by atoms with van der Waals surface area (Å²) in [7, 11) is 1.28. The maximum atomic E-state index is 12.6. The Morgan fingerprint density at radius 1 is 0.862 bits per heavy atom. The van der Waals surface area contributed by atoms with Crippen molar-refractivity contribution >= 4 is 17.7 Å². The van der Waals surface area contributed by atoms with E-state index in [1.165, 1.54) is 31.4 Å². The van der Waals surface area contributed by atoms with Crippen molar-refractivity contribution in [1.82, 2.24) is 4.57 Å². The van der Waals surface area contributed by atoms with Crippen LogP contribution in [0, 0.1) is 13.8 Å². The highest BCUT2D eigenvalue weighted by molar-refractivity contribution is 6.00. The number of aryl methyl sites for hydroxylation is 1. The highest BCUT2D eigenvalue weighted by Gasteiger charge is 2.19. The Balaban J connectivity index is 1.70. The van der Waals surface area contributed by atoms with E-state index in [9.17, 15) is 14.4 Å². The Bertz CT molecular complexity index is 1050. The van der Waals surface area contributed by atoms with Gasteiger partial charge in [0.1, 0.15) is 0 Å². The van der Waals surface area contributed by atoms with Gasteiger partial charge in [-0.15, -0.1) is 0 Å². The molecule has 0 bridgehead atoms. The summed E-state index contributed by atoms with van der Waals surface area (Å²) in [5, 5.41) is 0. The predicted octanol–water partition coefficient (Wildman–Crippen LogP) is 3.92. The molecule has 3 rings (SSSR count). The van der Waals surface area contributed by atoms with E-state index in [0.717, 1.165) is 17.1 Å². The average molecular weight is 391 g/mol. The number of nitrogens with zero attached hydrogens (tertiary/aromatic N) is 1. The number of esters is 2. The summed E-state index contributed by atoms with van der Waals surface area (Å²) in [6.07, 6.45) is 0. The number of carbonyl (C=O) groups excluding carboxylic acids is 3. The molecule has 0 amide bonds. The van der Waals surface area contributed by atoms with Crippen molar-refractivity contribution in [3.05, 3.63) is 88.7 Å². The van der Waals surface area contributed by atoms with Crippen LogP contribution in [0.3, 0.4) is 0 Å². The zero-order chi connectivity index (χ0) is 21.0. The standard InChI is InChI=1S/C23H21NO5/c1-15-13-20(16(2)24(15)19-7-5-4-6-8-19)21(25)14-29-23(27)18-11-9-17(10-12-18)22(26)28-3/h4-13H,14H2,1-3H3. The first-order valence-electron chi connectivity index (χ1n) is 9.05. The monoisotopic (exact) mass is 391 g/mol. The third-order valence-corrected chi connectivity index (χ3v) is 4.62. The van der Waals surface area contributed by atoms with Crippen LogP contribution in [0.1, 0.15) is 42.5 Å². The van der Waals surface area contributed by atoms with Crippen molar-refractivity contribution < 1.29 is 23.9 Å². The minimum absolute atomic E-state index is 0.250. The number of ether oxygens (including phenoxy) is 2. The predicted molar refractivity (Wildman–Crippen MR) is 108 cm³/mol. The molecule has 0 aliphatic carbocycles. The zero-order valence-corrected chi connectivity index (χ0v) is 16.5. The molecule has 0 aliphatic heterocycles. The summed E-state index contributed by atoms with van der Waals surface area (Å²) in [5.41, 5.74) is 3.76. The number of benzene rings is 2. The third-order valence-electron chi connectivity index (χ3n) is 4.62. The van der Waals surface area contributed by atoms with E-state index in [1.807, 2.05) is 48.7 Å². The van der Waals surface area contributed by atoms with Gasteiger partial charge < -0.3 is 14.0 Å². The second-order valence-electron chi connectivity index (χ2n) is 6.52. The van der Waals surface area contributed by atoms with Crippen molar-refractivity contribution in [3.63, 3.8) is 0 Å². The summed E-state index contributed by atoms with van der Waals surface area (Å²) in [6, 6.07) is 17.4. The molecule has 0 radical (unpaired) electrons. The summed E-state index contributed by atoms with van der Waals surface area (Å²) < 4.78 is 11.8. The van der Waals surface area contributed by atoms with Gasteiger partial charge in [-0.2, -0.15) is 0 Å². The van der Waals surface area contributed by atoms with E-state index in [1.54, 1.807) is 6.07 Å². The van der Waals surface area contributed by atoms with Crippen molar-refractivity contribution in [2.75, 3.05) is 13.7 Å². The van der Waals surface area contributed by atoms with Gasteiger partial charge in [-0.05, 0) is 56.3 Å². The van der Waals surface area contributed by atoms with Crippen LogP contribution in [-0.4, -0.2) is 36.0 Å². The summed E-state index contributed by atoms with van der Waals surface area (Å²) in [6.45, 7) is 3.42. The highest BCUT2D eigenvalue weighted by atomic mass is 16.5. The molecule has 0 N–H and O–H groups in total. The van der Waals surface area contributed by atoms with Gasteiger partial charge in [0.2, 0.25) is 5.78 Å². The topological polar surface area (TPSA) is 74.6 Å². The zero-order valence-electron chi connectivity index (χ0n) is 16.5. The fourth-order valence-corrected chi connectivity index (χ4v) is 3.17. The fourth-order valence-electron chi connectivity index (χ4n) is 3.17. The molecule has 148 valence electrons. The number of Topliss-reactive ketones (excluding diaryl/α,β-unsaturated/α-hetero) is 1. The molecule has 6 heteroatoms. The molecule has 0 aliphatic rings. The van der Waals surface area contributed by atoms with Gasteiger partial charge in [0.15, 0.2) is 6.61 Å². The van der Waals surface area contributed by atoms with Gasteiger partial charge >= 0.3 is 11.9 Å². The molecule has 1 aromatic heterocycles. The van der Waals surface area contributed by atoms with Crippen LogP contribution >= 0.6 is 0 Å². The van der Waals surface area contributed by atoms with Gasteiger partial charge in [-0.1, -0.05) is 18.2 Å². The van der Waals surface area contributed by atoms with E-state index in [-0.39, 0.29) is 18.0 Å². The highest BCUT2D eigenvalue weighted by Crippen LogP contribution is 2.21.